The first kappa shape index (κ1) is 22.8. The van der Waals surface area contributed by atoms with Gasteiger partial charge in [-0.05, 0) is 42.5 Å². The minimum atomic E-state index is -0.548. The normalized spacial score (nSPS) is 20.2. The fourth-order valence-electron chi connectivity index (χ4n) is 3.76. The Balaban J connectivity index is 1.34. The lowest BCUT2D eigenvalue weighted by Gasteiger charge is -2.36. The quantitative estimate of drug-likeness (QED) is 0.279. The molecule has 166 valence electrons. The van der Waals surface area contributed by atoms with Gasteiger partial charge in [0.2, 0.25) is 5.79 Å². The summed E-state index contributed by atoms with van der Waals surface area (Å²) in [5.41, 5.74) is 1.76. The first-order valence-corrected chi connectivity index (χ1v) is 11.2. The van der Waals surface area contributed by atoms with Crippen LogP contribution in [0.4, 0.5) is 0 Å². The molecule has 1 heterocycles. The van der Waals surface area contributed by atoms with E-state index in [1.54, 1.807) is 0 Å². The summed E-state index contributed by atoms with van der Waals surface area (Å²) in [4.78, 5) is 22.8. The van der Waals surface area contributed by atoms with Crippen LogP contribution in [-0.2, 0) is 24.0 Å². The second-order valence-electron chi connectivity index (χ2n) is 8.03. The summed E-state index contributed by atoms with van der Waals surface area (Å²) < 4.78 is 16.8. The van der Waals surface area contributed by atoms with Gasteiger partial charge in [0, 0.05) is 19.3 Å². The Bertz CT molecular complexity index is 667. The molecular formula is C24H34O6. The van der Waals surface area contributed by atoms with Crippen LogP contribution in [0.2, 0.25) is 0 Å². The molecule has 2 aliphatic rings. The first-order valence-electron chi connectivity index (χ1n) is 11.2. The second-order valence-corrected chi connectivity index (χ2v) is 8.03. The molecule has 6 nitrogen and oxygen atoms in total. The minimum absolute atomic E-state index is 0.155. The summed E-state index contributed by atoms with van der Waals surface area (Å²) in [7, 11) is 0. The molecular weight excluding hydrogens is 384 g/mol. The number of hydrogen-bond acceptors (Lipinski definition) is 6. The molecule has 1 saturated carbocycles. The van der Waals surface area contributed by atoms with Gasteiger partial charge >= 0.3 is 5.97 Å². The van der Waals surface area contributed by atoms with Gasteiger partial charge in [-0.3, -0.25) is 4.79 Å². The van der Waals surface area contributed by atoms with Crippen molar-refractivity contribution in [2.75, 3.05) is 19.8 Å². The van der Waals surface area contributed by atoms with E-state index in [0.29, 0.717) is 25.4 Å². The number of unbranched alkanes of at least 4 members (excludes halogenated alkanes) is 3. The summed E-state index contributed by atoms with van der Waals surface area (Å²) in [5.74, 6) is 0.0122. The Hall–Kier alpha value is -1.89. The molecule has 1 saturated heterocycles. The van der Waals surface area contributed by atoms with Crippen molar-refractivity contribution in [3.63, 3.8) is 0 Å². The van der Waals surface area contributed by atoms with E-state index in [2.05, 4.69) is 13.5 Å². The van der Waals surface area contributed by atoms with Crippen molar-refractivity contribution < 1.29 is 28.8 Å². The predicted molar refractivity (Wildman–Crippen MR) is 114 cm³/mol. The number of carbonyl (C=O) groups excluding carboxylic acids is 1. The van der Waals surface area contributed by atoms with Crippen LogP contribution in [0.25, 0.3) is 5.57 Å². The van der Waals surface area contributed by atoms with E-state index in [-0.39, 0.29) is 18.7 Å². The van der Waals surface area contributed by atoms with E-state index >= 15 is 0 Å². The molecule has 1 atom stereocenters. The molecule has 1 spiro atoms. The molecule has 1 aromatic carbocycles. The average molecular weight is 419 g/mol. The van der Waals surface area contributed by atoms with Crippen LogP contribution in [0.15, 0.2) is 30.8 Å². The Morgan fingerprint density at radius 3 is 2.57 bits per heavy atom. The molecule has 3 rings (SSSR count). The van der Waals surface area contributed by atoms with E-state index in [1.807, 2.05) is 24.3 Å². The lowest BCUT2D eigenvalue weighted by atomic mass is 10.0. The summed E-state index contributed by atoms with van der Waals surface area (Å²) in [6.45, 7) is 7.32. The van der Waals surface area contributed by atoms with Crippen molar-refractivity contribution in [1.82, 2.24) is 0 Å². The number of carbonyl (C=O) groups is 1. The fourth-order valence-corrected chi connectivity index (χ4v) is 3.76. The highest BCUT2D eigenvalue weighted by atomic mass is 17.2. The summed E-state index contributed by atoms with van der Waals surface area (Å²) in [6, 6.07) is 7.60. The predicted octanol–water partition coefficient (Wildman–Crippen LogP) is 5.21. The third-order valence-corrected chi connectivity index (χ3v) is 5.64. The highest BCUT2D eigenvalue weighted by Gasteiger charge is 2.42. The molecule has 1 aliphatic heterocycles. The van der Waals surface area contributed by atoms with Gasteiger partial charge < -0.3 is 14.2 Å². The molecule has 6 heteroatoms. The number of ether oxygens (including phenoxy) is 3. The number of esters is 1. The van der Waals surface area contributed by atoms with Crippen molar-refractivity contribution in [2.45, 2.75) is 76.6 Å². The standard InChI is InChI=1S/C24H34O6/c1-3-4-5-6-9-23(25)27-17-16-26-21-12-10-20(11-13-21)19(2)22-18-28-24(30-29-22)14-7-8-15-24/h10-13,22H,2-9,14-18H2,1H3. The molecule has 0 aromatic heterocycles. The van der Waals surface area contributed by atoms with E-state index in [9.17, 15) is 4.79 Å². The van der Waals surface area contributed by atoms with Crippen LogP contribution in [0, 0.1) is 0 Å². The Kier molecular flexibility index (Phi) is 8.73. The van der Waals surface area contributed by atoms with E-state index < -0.39 is 5.79 Å². The highest BCUT2D eigenvalue weighted by molar-refractivity contribution is 5.69. The van der Waals surface area contributed by atoms with E-state index in [0.717, 1.165) is 62.5 Å². The zero-order valence-electron chi connectivity index (χ0n) is 18.0. The highest BCUT2D eigenvalue weighted by Crippen LogP contribution is 2.39. The Morgan fingerprint density at radius 1 is 1.13 bits per heavy atom. The Morgan fingerprint density at radius 2 is 1.90 bits per heavy atom. The van der Waals surface area contributed by atoms with Crippen LogP contribution >= 0.6 is 0 Å². The topological polar surface area (TPSA) is 63.2 Å². The maximum absolute atomic E-state index is 11.6. The van der Waals surface area contributed by atoms with Crippen LogP contribution < -0.4 is 4.74 Å². The summed E-state index contributed by atoms with van der Waals surface area (Å²) >= 11 is 0. The molecule has 2 fully saturated rings. The van der Waals surface area contributed by atoms with Crippen LogP contribution in [0.3, 0.4) is 0 Å². The monoisotopic (exact) mass is 418 g/mol. The lowest BCUT2D eigenvalue weighted by molar-refractivity contribution is -0.475. The fraction of sp³-hybridized carbons (Fsp3) is 0.625. The van der Waals surface area contributed by atoms with Crippen molar-refractivity contribution >= 4 is 11.5 Å². The van der Waals surface area contributed by atoms with Crippen molar-refractivity contribution in [2.24, 2.45) is 0 Å². The van der Waals surface area contributed by atoms with Gasteiger partial charge in [0.05, 0.1) is 6.61 Å². The summed E-state index contributed by atoms with van der Waals surface area (Å²) in [5, 5.41) is 0. The lowest BCUT2D eigenvalue weighted by Crippen LogP contribution is -2.43. The third-order valence-electron chi connectivity index (χ3n) is 5.64. The van der Waals surface area contributed by atoms with Crippen molar-refractivity contribution in [3.05, 3.63) is 36.4 Å². The first-order chi connectivity index (χ1) is 14.6. The number of hydrogen-bond donors (Lipinski definition) is 0. The van der Waals surface area contributed by atoms with Crippen molar-refractivity contribution in [1.29, 1.82) is 0 Å². The number of rotatable bonds is 11. The molecule has 0 radical (unpaired) electrons. The largest absolute Gasteiger partial charge is 0.490 e. The third kappa shape index (κ3) is 6.56. The molecule has 30 heavy (non-hydrogen) atoms. The zero-order chi connectivity index (χ0) is 21.2. The maximum Gasteiger partial charge on any atom is 0.305 e. The summed E-state index contributed by atoms with van der Waals surface area (Å²) in [6.07, 6.45) is 8.42. The van der Waals surface area contributed by atoms with Crippen LogP contribution in [-0.4, -0.2) is 37.7 Å². The van der Waals surface area contributed by atoms with Gasteiger partial charge in [0.1, 0.15) is 25.1 Å². The minimum Gasteiger partial charge on any atom is -0.490 e. The molecule has 0 bridgehead atoms. The van der Waals surface area contributed by atoms with Gasteiger partial charge in [0.15, 0.2) is 0 Å². The average Bonchev–Trinajstić information content (AvgIpc) is 3.23. The Labute approximate surface area is 179 Å². The van der Waals surface area contributed by atoms with Gasteiger partial charge in [0.25, 0.3) is 0 Å². The van der Waals surface area contributed by atoms with Gasteiger partial charge in [-0.1, -0.05) is 44.9 Å². The molecule has 1 aliphatic carbocycles. The molecule has 1 aromatic rings. The van der Waals surface area contributed by atoms with Gasteiger partial charge in [-0.15, -0.1) is 0 Å². The van der Waals surface area contributed by atoms with Crippen molar-refractivity contribution in [3.8, 4) is 5.75 Å². The molecule has 1 unspecified atom stereocenters. The maximum atomic E-state index is 11.6. The molecule has 0 N–H and O–H groups in total. The zero-order valence-corrected chi connectivity index (χ0v) is 18.0. The molecule has 0 amide bonds. The second kappa shape index (κ2) is 11.5. The van der Waals surface area contributed by atoms with E-state index in [1.165, 1.54) is 0 Å². The van der Waals surface area contributed by atoms with Crippen LogP contribution in [0.1, 0.15) is 70.3 Å². The SMILES string of the molecule is C=C(c1ccc(OCCOC(=O)CCCCCC)cc1)C1COC2(CCCC2)OO1. The van der Waals surface area contributed by atoms with Gasteiger partial charge in [-0.25, -0.2) is 9.78 Å². The van der Waals surface area contributed by atoms with Crippen LogP contribution in [0.5, 0.6) is 5.75 Å². The number of benzene rings is 1. The smallest absolute Gasteiger partial charge is 0.305 e. The van der Waals surface area contributed by atoms with E-state index in [4.69, 9.17) is 24.0 Å². The van der Waals surface area contributed by atoms with Gasteiger partial charge in [-0.2, -0.15) is 0 Å².